The molecule has 0 saturated carbocycles. The van der Waals surface area contributed by atoms with Gasteiger partial charge in [-0.05, 0) is 6.92 Å². The largest absolute Gasteiger partial charge is 0.327 e. The van der Waals surface area contributed by atoms with Crippen LogP contribution in [-0.4, -0.2) is 27.5 Å². The maximum atomic E-state index is 5.84. The van der Waals surface area contributed by atoms with Gasteiger partial charge in [-0.2, -0.15) is 23.5 Å². The van der Waals surface area contributed by atoms with Crippen LogP contribution in [-0.2, 0) is 0 Å². The zero-order chi connectivity index (χ0) is 8.43. The Bertz CT molecular complexity index is 127. The summed E-state index contributed by atoms with van der Waals surface area (Å²) in [5.74, 6) is 1.23. The third-order valence-electron chi connectivity index (χ3n) is 2.16. The van der Waals surface area contributed by atoms with Gasteiger partial charge in [0.2, 0.25) is 0 Å². The van der Waals surface area contributed by atoms with Crippen LogP contribution in [0.5, 0.6) is 0 Å². The highest BCUT2D eigenvalue weighted by molar-refractivity contribution is 8.07. The summed E-state index contributed by atoms with van der Waals surface area (Å²) in [5.41, 5.74) is 5.84. The lowest BCUT2D eigenvalue weighted by Crippen LogP contribution is -2.37. The molecule has 2 N–H and O–H groups in total. The summed E-state index contributed by atoms with van der Waals surface area (Å²) < 4.78 is 0. The van der Waals surface area contributed by atoms with E-state index >= 15 is 0 Å². The Morgan fingerprint density at radius 2 is 2.00 bits per heavy atom. The van der Waals surface area contributed by atoms with Gasteiger partial charge < -0.3 is 5.73 Å². The summed E-state index contributed by atoms with van der Waals surface area (Å²) in [6, 6.07) is 0.349. The molecule has 3 heteroatoms. The third-order valence-corrected chi connectivity index (χ3v) is 5.81. The standard InChI is InChI=1S/C8H17NS2/c1-5(9)8-4-10-6(2)7(3)11-8/h5-8H,4,9H2,1-3H3/t5-,6?,7?,8?/m1/s1. The predicted octanol–water partition coefficient (Wildman–Crippen LogP) is 1.96. The van der Waals surface area contributed by atoms with Gasteiger partial charge in [-0.15, -0.1) is 0 Å². The molecule has 4 atom stereocenters. The molecule has 11 heavy (non-hydrogen) atoms. The molecular weight excluding hydrogens is 174 g/mol. The molecule has 0 aromatic carbocycles. The molecule has 0 aromatic rings. The van der Waals surface area contributed by atoms with Gasteiger partial charge >= 0.3 is 0 Å². The van der Waals surface area contributed by atoms with E-state index in [-0.39, 0.29) is 0 Å². The van der Waals surface area contributed by atoms with Crippen LogP contribution in [0.2, 0.25) is 0 Å². The topological polar surface area (TPSA) is 26.0 Å². The normalized spacial score (nSPS) is 42.0. The molecule has 0 bridgehead atoms. The molecule has 3 unspecified atom stereocenters. The Hall–Kier alpha value is 0.660. The van der Waals surface area contributed by atoms with Crippen molar-refractivity contribution in [2.75, 3.05) is 5.75 Å². The van der Waals surface area contributed by atoms with Crippen molar-refractivity contribution in [3.63, 3.8) is 0 Å². The van der Waals surface area contributed by atoms with Gasteiger partial charge in [-0.25, -0.2) is 0 Å². The monoisotopic (exact) mass is 191 g/mol. The van der Waals surface area contributed by atoms with Crippen LogP contribution in [0.4, 0.5) is 0 Å². The lowest BCUT2D eigenvalue weighted by atomic mass is 10.3. The average Bonchev–Trinajstić information content (AvgIpc) is 1.94. The molecule has 0 spiro atoms. The van der Waals surface area contributed by atoms with Crippen molar-refractivity contribution in [1.82, 2.24) is 0 Å². The molecule has 0 amide bonds. The van der Waals surface area contributed by atoms with Crippen LogP contribution in [0.3, 0.4) is 0 Å². The molecule has 1 fully saturated rings. The van der Waals surface area contributed by atoms with E-state index < -0.39 is 0 Å². The Labute approximate surface area is 77.9 Å². The molecule has 1 rings (SSSR count). The number of hydrogen-bond donors (Lipinski definition) is 1. The minimum Gasteiger partial charge on any atom is -0.327 e. The first-order valence-corrected chi connectivity index (χ1v) is 6.13. The Morgan fingerprint density at radius 1 is 1.36 bits per heavy atom. The molecule has 1 saturated heterocycles. The lowest BCUT2D eigenvalue weighted by Gasteiger charge is -2.33. The van der Waals surface area contributed by atoms with E-state index in [1.807, 2.05) is 0 Å². The Balaban J connectivity index is 2.40. The first kappa shape index (κ1) is 9.75. The molecule has 1 aliphatic rings. The summed E-state index contributed by atoms with van der Waals surface area (Å²) in [7, 11) is 0. The molecule has 0 aliphatic carbocycles. The number of rotatable bonds is 1. The fourth-order valence-electron chi connectivity index (χ4n) is 1.08. The Morgan fingerprint density at radius 3 is 2.45 bits per heavy atom. The van der Waals surface area contributed by atoms with Gasteiger partial charge in [0.15, 0.2) is 0 Å². The predicted molar refractivity (Wildman–Crippen MR) is 56.4 cm³/mol. The minimum absolute atomic E-state index is 0.349. The van der Waals surface area contributed by atoms with Crippen molar-refractivity contribution in [2.45, 2.75) is 42.6 Å². The van der Waals surface area contributed by atoms with Gasteiger partial charge in [-0.1, -0.05) is 13.8 Å². The van der Waals surface area contributed by atoms with E-state index in [9.17, 15) is 0 Å². The second kappa shape index (κ2) is 4.06. The maximum Gasteiger partial charge on any atom is 0.0290 e. The first-order valence-electron chi connectivity index (χ1n) is 4.14. The first-order chi connectivity index (χ1) is 5.11. The van der Waals surface area contributed by atoms with E-state index in [1.54, 1.807) is 0 Å². The fourth-order valence-corrected chi connectivity index (χ4v) is 4.15. The fraction of sp³-hybridized carbons (Fsp3) is 1.00. The van der Waals surface area contributed by atoms with Crippen LogP contribution in [0, 0.1) is 0 Å². The summed E-state index contributed by atoms with van der Waals surface area (Å²) in [6.45, 7) is 6.72. The zero-order valence-electron chi connectivity index (χ0n) is 7.41. The van der Waals surface area contributed by atoms with Crippen molar-refractivity contribution >= 4 is 23.5 Å². The van der Waals surface area contributed by atoms with Crippen molar-refractivity contribution in [2.24, 2.45) is 5.73 Å². The van der Waals surface area contributed by atoms with Gasteiger partial charge in [0.25, 0.3) is 0 Å². The number of thioether (sulfide) groups is 2. The minimum atomic E-state index is 0.349. The summed E-state index contributed by atoms with van der Waals surface area (Å²) in [4.78, 5) is 0. The maximum absolute atomic E-state index is 5.84. The molecular formula is C8H17NS2. The lowest BCUT2D eigenvalue weighted by molar-refractivity contribution is 0.722. The van der Waals surface area contributed by atoms with E-state index in [0.29, 0.717) is 11.3 Å². The van der Waals surface area contributed by atoms with Crippen molar-refractivity contribution in [3.8, 4) is 0 Å². The average molecular weight is 191 g/mol. The second-order valence-corrected chi connectivity index (χ2v) is 6.31. The van der Waals surface area contributed by atoms with Crippen LogP contribution in [0.15, 0.2) is 0 Å². The SMILES string of the molecule is CC1SCC([C@@H](C)N)SC1C. The van der Waals surface area contributed by atoms with Gasteiger partial charge in [-0.3, -0.25) is 0 Å². The van der Waals surface area contributed by atoms with Crippen molar-refractivity contribution in [1.29, 1.82) is 0 Å². The van der Waals surface area contributed by atoms with Crippen LogP contribution >= 0.6 is 23.5 Å². The number of hydrogen-bond acceptors (Lipinski definition) is 3. The summed E-state index contributed by atoms with van der Waals surface area (Å²) >= 11 is 4.12. The van der Waals surface area contributed by atoms with Crippen LogP contribution < -0.4 is 5.73 Å². The van der Waals surface area contributed by atoms with Gasteiger partial charge in [0.1, 0.15) is 0 Å². The highest BCUT2D eigenvalue weighted by atomic mass is 32.2. The van der Waals surface area contributed by atoms with Gasteiger partial charge in [0, 0.05) is 27.5 Å². The second-order valence-electron chi connectivity index (χ2n) is 3.28. The highest BCUT2D eigenvalue weighted by Gasteiger charge is 2.27. The molecule has 1 aliphatic heterocycles. The van der Waals surface area contributed by atoms with Crippen molar-refractivity contribution < 1.29 is 0 Å². The van der Waals surface area contributed by atoms with E-state index in [0.717, 1.165) is 10.5 Å². The van der Waals surface area contributed by atoms with Crippen molar-refractivity contribution in [3.05, 3.63) is 0 Å². The molecule has 1 nitrogen and oxygen atoms in total. The quantitative estimate of drug-likeness (QED) is 0.686. The number of nitrogens with two attached hydrogens (primary N) is 1. The molecule has 0 aromatic heterocycles. The summed E-state index contributed by atoms with van der Waals surface area (Å²) in [6.07, 6.45) is 0. The molecule has 0 radical (unpaired) electrons. The zero-order valence-corrected chi connectivity index (χ0v) is 9.04. The van der Waals surface area contributed by atoms with Crippen LogP contribution in [0.25, 0.3) is 0 Å². The third kappa shape index (κ3) is 2.56. The van der Waals surface area contributed by atoms with Crippen LogP contribution in [0.1, 0.15) is 20.8 Å². The highest BCUT2D eigenvalue weighted by Crippen LogP contribution is 2.36. The molecule has 66 valence electrons. The Kier molecular flexibility index (Phi) is 3.59. The van der Waals surface area contributed by atoms with Gasteiger partial charge in [0.05, 0.1) is 0 Å². The van der Waals surface area contributed by atoms with E-state index in [2.05, 4.69) is 44.3 Å². The summed E-state index contributed by atoms with van der Waals surface area (Å²) in [5, 5.41) is 2.24. The smallest absolute Gasteiger partial charge is 0.0290 e. The van der Waals surface area contributed by atoms with E-state index in [1.165, 1.54) is 5.75 Å². The molecule has 1 heterocycles. The van der Waals surface area contributed by atoms with E-state index in [4.69, 9.17) is 5.73 Å².